The van der Waals surface area contributed by atoms with E-state index in [1.807, 2.05) is 61.5 Å². The first-order chi connectivity index (χ1) is 16.0. The van der Waals surface area contributed by atoms with Gasteiger partial charge >= 0.3 is 5.97 Å². The minimum Gasteiger partial charge on any atom is -0.478 e. The molecule has 0 unspecified atom stereocenters. The second-order valence-electron chi connectivity index (χ2n) is 8.09. The minimum atomic E-state index is -0.984. The van der Waals surface area contributed by atoms with Gasteiger partial charge in [-0.05, 0) is 66.4 Å². The Morgan fingerprint density at radius 2 is 1.67 bits per heavy atom. The van der Waals surface area contributed by atoms with Gasteiger partial charge in [0.05, 0.1) is 17.9 Å². The molecular formula is C28H27NO4. The summed E-state index contributed by atoms with van der Waals surface area (Å²) in [5, 5.41) is 23.4. The fourth-order valence-corrected chi connectivity index (χ4v) is 3.90. The largest absolute Gasteiger partial charge is 0.478 e. The lowest BCUT2D eigenvalue weighted by Crippen LogP contribution is -2.33. The molecule has 2 atom stereocenters. The van der Waals surface area contributed by atoms with Gasteiger partial charge in [-0.25, -0.2) is 4.79 Å². The van der Waals surface area contributed by atoms with E-state index in [0.717, 1.165) is 29.7 Å². The topological polar surface area (TPSA) is 82.7 Å². The zero-order valence-electron chi connectivity index (χ0n) is 18.4. The molecule has 0 aliphatic heterocycles. The molecule has 1 aromatic heterocycles. The lowest BCUT2D eigenvalue weighted by Gasteiger charge is -2.20. The minimum absolute atomic E-state index is 0.0561. The third-order valence-electron chi connectivity index (χ3n) is 5.82. The Morgan fingerprint density at radius 3 is 2.33 bits per heavy atom. The number of nitrogens with one attached hydrogen (secondary N) is 1. The van der Waals surface area contributed by atoms with E-state index < -0.39 is 12.1 Å². The Morgan fingerprint density at radius 1 is 0.939 bits per heavy atom. The number of hydrogen-bond donors (Lipinski definition) is 3. The molecule has 33 heavy (non-hydrogen) atoms. The number of aliphatic hydroxyl groups is 1. The smallest absolute Gasteiger partial charge is 0.336 e. The van der Waals surface area contributed by atoms with E-state index in [-0.39, 0.29) is 11.6 Å². The monoisotopic (exact) mass is 441 g/mol. The number of benzene rings is 3. The number of carbonyl (C=O) groups is 1. The standard InChI is InChI=1S/C28H27NO4/c1-19(27(30)22-6-3-2-4-7-22)29-16-15-20-9-11-21(12-10-20)23-13-14-24(28(31)32)25(18-23)26-8-5-17-33-26/h2-14,17-19,27,29-30H,15-16H2,1H3,(H,31,32)/t19-,27-/m0/s1. The predicted molar refractivity (Wildman–Crippen MR) is 129 cm³/mol. The molecule has 3 aromatic carbocycles. The molecule has 0 amide bonds. The molecule has 0 bridgehead atoms. The molecule has 4 aromatic rings. The summed E-state index contributed by atoms with van der Waals surface area (Å²) in [7, 11) is 0. The van der Waals surface area contributed by atoms with Crippen LogP contribution in [0.4, 0.5) is 0 Å². The van der Waals surface area contributed by atoms with Crippen LogP contribution >= 0.6 is 0 Å². The first-order valence-electron chi connectivity index (χ1n) is 11.0. The van der Waals surface area contributed by atoms with E-state index in [2.05, 4.69) is 17.4 Å². The summed E-state index contributed by atoms with van der Waals surface area (Å²) in [6.07, 6.45) is 1.82. The molecule has 3 N–H and O–H groups in total. The maximum atomic E-state index is 11.6. The van der Waals surface area contributed by atoms with E-state index in [0.29, 0.717) is 11.3 Å². The van der Waals surface area contributed by atoms with Crippen LogP contribution < -0.4 is 5.32 Å². The van der Waals surface area contributed by atoms with Crippen LogP contribution in [0.3, 0.4) is 0 Å². The molecule has 0 saturated heterocycles. The first-order valence-corrected chi connectivity index (χ1v) is 11.0. The van der Waals surface area contributed by atoms with Gasteiger partial charge in [0.1, 0.15) is 5.76 Å². The summed E-state index contributed by atoms with van der Waals surface area (Å²) in [6, 6.07) is 26.6. The van der Waals surface area contributed by atoms with Crippen LogP contribution in [0.25, 0.3) is 22.5 Å². The van der Waals surface area contributed by atoms with E-state index in [4.69, 9.17) is 4.42 Å². The van der Waals surface area contributed by atoms with Crippen LogP contribution in [0.2, 0.25) is 0 Å². The number of aliphatic hydroxyl groups excluding tert-OH is 1. The first kappa shape index (κ1) is 22.5. The third kappa shape index (κ3) is 5.40. The summed E-state index contributed by atoms with van der Waals surface area (Å²) in [6.45, 7) is 2.73. The normalized spacial score (nSPS) is 12.9. The van der Waals surface area contributed by atoms with Gasteiger partial charge in [-0.15, -0.1) is 0 Å². The highest BCUT2D eigenvalue weighted by atomic mass is 16.4. The van der Waals surface area contributed by atoms with Gasteiger partial charge in [0.15, 0.2) is 0 Å². The predicted octanol–water partition coefficient (Wildman–Crippen LogP) is 5.57. The SMILES string of the molecule is C[C@H](NCCc1ccc(-c2ccc(C(=O)O)c(-c3ccco3)c2)cc1)[C@H](O)c1ccccc1. The fraction of sp³-hybridized carbons (Fsp3) is 0.179. The molecule has 0 aliphatic carbocycles. The zero-order valence-corrected chi connectivity index (χ0v) is 18.4. The Balaban J connectivity index is 1.40. The van der Waals surface area contributed by atoms with Crippen molar-refractivity contribution in [3.8, 4) is 22.5 Å². The van der Waals surface area contributed by atoms with Crippen molar-refractivity contribution in [2.75, 3.05) is 6.54 Å². The van der Waals surface area contributed by atoms with Crippen LogP contribution in [0.1, 0.15) is 34.5 Å². The Hall–Kier alpha value is -3.67. The van der Waals surface area contributed by atoms with Crippen molar-refractivity contribution in [2.24, 2.45) is 0 Å². The van der Waals surface area contributed by atoms with Crippen molar-refractivity contribution in [3.63, 3.8) is 0 Å². The van der Waals surface area contributed by atoms with Crippen molar-refractivity contribution in [3.05, 3.63) is 108 Å². The van der Waals surface area contributed by atoms with Crippen molar-refractivity contribution < 1.29 is 19.4 Å². The van der Waals surface area contributed by atoms with E-state index in [1.54, 1.807) is 18.2 Å². The van der Waals surface area contributed by atoms with Crippen LogP contribution in [0, 0.1) is 0 Å². The van der Waals surface area contributed by atoms with Gasteiger partial charge in [-0.2, -0.15) is 0 Å². The molecular weight excluding hydrogens is 414 g/mol. The lowest BCUT2D eigenvalue weighted by atomic mass is 9.97. The molecule has 0 radical (unpaired) electrons. The van der Waals surface area contributed by atoms with Crippen LogP contribution in [0.5, 0.6) is 0 Å². The average molecular weight is 442 g/mol. The van der Waals surface area contributed by atoms with Gasteiger partial charge < -0.3 is 19.9 Å². The van der Waals surface area contributed by atoms with Gasteiger partial charge in [0.2, 0.25) is 0 Å². The number of aromatic carboxylic acids is 1. The van der Waals surface area contributed by atoms with Crippen molar-refractivity contribution in [2.45, 2.75) is 25.5 Å². The number of carboxylic acid groups (broad SMARTS) is 1. The van der Waals surface area contributed by atoms with Crippen LogP contribution in [0.15, 0.2) is 95.6 Å². The number of rotatable bonds is 9. The quantitative estimate of drug-likeness (QED) is 0.316. The maximum absolute atomic E-state index is 11.6. The maximum Gasteiger partial charge on any atom is 0.336 e. The van der Waals surface area contributed by atoms with Gasteiger partial charge in [0, 0.05) is 11.6 Å². The lowest BCUT2D eigenvalue weighted by molar-refractivity contribution is 0.0697. The average Bonchev–Trinajstić information content (AvgIpc) is 3.39. The molecule has 1 heterocycles. The van der Waals surface area contributed by atoms with Gasteiger partial charge in [-0.1, -0.05) is 60.7 Å². The molecule has 4 rings (SSSR count). The molecule has 0 aliphatic rings. The van der Waals surface area contributed by atoms with E-state index >= 15 is 0 Å². The molecule has 5 nitrogen and oxygen atoms in total. The highest BCUT2D eigenvalue weighted by Crippen LogP contribution is 2.30. The van der Waals surface area contributed by atoms with E-state index in [9.17, 15) is 15.0 Å². The Bertz CT molecular complexity index is 1180. The molecule has 0 fully saturated rings. The molecule has 168 valence electrons. The van der Waals surface area contributed by atoms with Crippen molar-refractivity contribution in [1.82, 2.24) is 5.32 Å². The Kier molecular flexibility index (Phi) is 7.03. The summed E-state index contributed by atoms with van der Waals surface area (Å²) in [4.78, 5) is 11.6. The number of hydrogen-bond acceptors (Lipinski definition) is 4. The van der Waals surface area contributed by atoms with Crippen molar-refractivity contribution in [1.29, 1.82) is 0 Å². The van der Waals surface area contributed by atoms with Crippen LogP contribution in [-0.2, 0) is 6.42 Å². The second kappa shape index (κ2) is 10.3. The Labute approximate surface area is 193 Å². The zero-order chi connectivity index (χ0) is 23.2. The highest BCUT2D eigenvalue weighted by molar-refractivity contribution is 5.96. The summed E-state index contributed by atoms with van der Waals surface area (Å²) < 4.78 is 5.44. The number of carboxylic acids is 1. The summed E-state index contributed by atoms with van der Waals surface area (Å²) in [5.41, 5.74) is 4.79. The molecule has 0 saturated carbocycles. The van der Waals surface area contributed by atoms with Crippen molar-refractivity contribution >= 4 is 5.97 Å². The summed E-state index contributed by atoms with van der Waals surface area (Å²) >= 11 is 0. The highest BCUT2D eigenvalue weighted by Gasteiger charge is 2.16. The fourth-order valence-electron chi connectivity index (χ4n) is 3.90. The molecule has 0 spiro atoms. The van der Waals surface area contributed by atoms with E-state index in [1.165, 1.54) is 11.8 Å². The molecule has 5 heteroatoms. The number of furan rings is 1. The second-order valence-corrected chi connectivity index (χ2v) is 8.09. The van der Waals surface area contributed by atoms with Crippen LogP contribution in [-0.4, -0.2) is 28.8 Å². The summed E-state index contributed by atoms with van der Waals surface area (Å²) in [5.74, 6) is -0.453. The van der Waals surface area contributed by atoms with Gasteiger partial charge in [-0.3, -0.25) is 0 Å². The third-order valence-corrected chi connectivity index (χ3v) is 5.82. The van der Waals surface area contributed by atoms with Gasteiger partial charge in [0.25, 0.3) is 0 Å².